The molecule has 0 aliphatic carbocycles. The highest BCUT2D eigenvalue weighted by Crippen LogP contribution is 2.21. The fraction of sp³-hybridized carbons (Fsp3) is 0.0667. The summed E-state index contributed by atoms with van der Waals surface area (Å²) in [6, 6.07) is 13.7. The van der Waals surface area contributed by atoms with Crippen LogP contribution in [-0.4, -0.2) is 14.8 Å². The Morgan fingerprint density at radius 1 is 1.05 bits per heavy atom. The lowest BCUT2D eigenvalue weighted by Gasteiger charge is -2.03. The molecule has 3 rings (SSSR count). The Morgan fingerprint density at radius 3 is 2.45 bits per heavy atom. The Morgan fingerprint density at radius 2 is 1.75 bits per heavy atom. The van der Waals surface area contributed by atoms with Gasteiger partial charge in [0, 0.05) is 10.6 Å². The maximum Gasteiger partial charge on any atom is 0.181 e. The summed E-state index contributed by atoms with van der Waals surface area (Å²) in [5.41, 5.74) is 1.23. The van der Waals surface area contributed by atoms with Crippen LogP contribution < -0.4 is 0 Å². The van der Waals surface area contributed by atoms with Crippen molar-refractivity contribution in [2.75, 3.05) is 0 Å². The monoisotopic (exact) mass is 287 g/mol. The van der Waals surface area contributed by atoms with Crippen molar-refractivity contribution in [2.24, 2.45) is 0 Å². The number of benzene rings is 2. The van der Waals surface area contributed by atoms with Gasteiger partial charge in [-0.1, -0.05) is 23.7 Å². The van der Waals surface area contributed by atoms with E-state index in [-0.39, 0.29) is 5.82 Å². The lowest BCUT2D eigenvalue weighted by atomic mass is 10.2. The van der Waals surface area contributed by atoms with E-state index < -0.39 is 0 Å². The first-order valence-corrected chi connectivity index (χ1v) is 6.47. The molecular formula is C15H11ClFN3. The fourth-order valence-electron chi connectivity index (χ4n) is 1.96. The average molecular weight is 288 g/mol. The molecule has 0 saturated heterocycles. The van der Waals surface area contributed by atoms with E-state index in [9.17, 15) is 4.39 Å². The summed E-state index contributed by atoms with van der Waals surface area (Å²) in [5, 5.41) is 5.02. The molecule has 1 aromatic heterocycles. The summed E-state index contributed by atoms with van der Waals surface area (Å²) >= 11 is 5.86. The molecule has 5 heteroatoms. The summed E-state index contributed by atoms with van der Waals surface area (Å²) < 4.78 is 15.3. The van der Waals surface area contributed by atoms with Gasteiger partial charge in [0.25, 0.3) is 0 Å². The van der Waals surface area contributed by atoms with Crippen LogP contribution in [0.4, 0.5) is 4.39 Å². The van der Waals surface area contributed by atoms with Crippen molar-refractivity contribution >= 4 is 11.6 Å². The van der Waals surface area contributed by atoms with Crippen LogP contribution in [-0.2, 0) is 0 Å². The van der Waals surface area contributed by atoms with E-state index in [4.69, 9.17) is 11.6 Å². The van der Waals surface area contributed by atoms with Crippen molar-refractivity contribution in [3.63, 3.8) is 0 Å². The van der Waals surface area contributed by atoms with Gasteiger partial charge in [-0.25, -0.2) is 14.1 Å². The van der Waals surface area contributed by atoms with Gasteiger partial charge in [0.05, 0.1) is 0 Å². The second kappa shape index (κ2) is 5.06. The Hall–Kier alpha value is -2.20. The van der Waals surface area contributed by atoms with Crippen molar-refractivity contribution in [1.82, 2.24) is 14.8 Å². The minimum absolute atomic E-state index is 0.330. The molecule has 20 heavy (non-hydrogen) atoms. The number of para-hydroxylation sites is 1. The molecule has 0 fully saturated rings. The molecule has 100 valence electrons. The molecule has 1 heterocycles. The van der Waals surface area contributed by atoms with Crippen LogP contribution in [0.25, 0.3) is 17.1 Å². The third-order valence-electron chi connectivity index (χ3n) is 2.95. The molecule has 0 amide bonds. The van der Waals surface area contributed by atoms with Crippen LogP contribution in [0.1, 0.15) is 5.82 Å². The van der Waals surface area contributed by atoms with Crippen molar-refractivity contribution in [3.05, 3.63) is 65.2 Å². The van der Waals surface area contributed by atoms with Crippen LogP contribution in [0, 0.1) is 12.7 Å². The summed E-state index contributed by atoms with van der Waals surface area (Å²) in [6.07, 6.45) is 0. The molecule has 0 bridgehead atoms. The highest BCUT2D eigenvalue weighted by molar-refractivity contribution is 6.30. The van der Waals surface area contributed by atoms with Gasteiger partial charge in [-0.05, 0) is 43.3 Å². The van der Waals surface area contributed by atoms with Crippen molar-refractivity contribution in [2.45, 2.75) is 6.92 Å². The van der Waals surface area contributed by atoms with Crippen molar-refractivity contribution in [1.29, 1.82) is 0 Å². The van der Waals surface area contributed by atoms with Gasteiger partial charge >= 0.3 is 0 Å². The van der Waals surface area contributed by atoms with Crippen molar-refractivity contribution in [3.8, 4) is 17.1 Å². The molecule has 2 aromatic carbocycles. The summed E-state index contributed by atoms with van der Waals surface area (Å²) in [4.78, 5) is 4.37. The molecule has 0 aliphatic rings. The topological polar surface area (TPSA) is 30.7 Å². The van der Waals surface area contributed by atoms with E-state index in [2.05, 4.69) is 10.1 Å². The first kappa shape index (κ1) is 12.8. The van der Waals surface area contributed by atoms with Crippen LogP contribution >= 0.6 is 11.6 Å². The van der Waals surface area contributed by atoms with Gasteiger partial charge < -0.3 is 0 Å². The smallest absolute Gasteiger partial charge is 0.181 e. The zero-order valence-corrected chi connectivity index (χ0v) is 11.5. The fourth-order valence-corrected chi connectivity index (χ4v) is 2.09. The number of hydrogen-bond donors (Lipinski definition) is 0. The van der Waals surface area contributed by atoms with Gasteiger partial charge in [0.1, 0.15) is 17.3 Å². The third-order valence-corrected chi connectivity index (χ3v) is 3.20. The summed E-state index contributed by atoms with van der Waals surface area (Å²) in [5.74, 6) is 0.839. The highest BCUT2D eigenvalue weighted by atomic mass is 35.5. The lowest BCUT2D eigenvalue weighted by Crippen LogP contribution is -2.01. The van der Waals surface area contributed by atoms with Crippen LogP contribution in [0.3, 0.4) is 0 Å². The zero-order chi connectivity index (χ0) is 14.1. The maximum absolute atomic E-state index is 13.8. The molecule has 3 aromatic rings. The molecule has 0 N–H and O–H groups in total. The Balaban J connectivity index is 2.08. The van der Waals surface area contributed by atoms with Crippen LogP contribution in [0.5, 0.6) is 0 Å². The largest absolute Gasteiger partial charge is 0.215 e. The predicted octanol–water partition coefficient (Wildman–Crippen LogP) is 4.04. The lowest BCUT2D eigenvalue weighted by molar-refractivity contribution is 0.608. The number of nitrogens with zero attached hydrogens (tertiary/aromatic N) is 3. The molecule has 0 unspecified atom stereocenters. The van der Waals surface area contributed by atoms with Gasteiger partial charge in [0.2, 0.25) is 0 Å². The number of aryl methyl sites for hydroxylation is 1. The van der Waals surface area contributed by atoms with Crippen LogP contribution in [0.15, 0.2) is 48.5 Å². The van der Waals surface area contributed by atoms with E-state index in [1.54, 1.807) is 37.3 Å². The van der Waals surface area contributed by atoms with E-state index >= 15 is 0 Å². The van der Waals surface area contributed by atoms with Gasteiger partial charge in [-0.3, -0.25) is 0 Å². The Bertz CT molecular complexity index is 750. The second-order valence-corrected chi connectivity index (χ2v) is 4.79. The first-order valence-electron chi connectivity index (χ1n) is 6.09. The quantitative estimate of drug-likeness (QED) is 0.712. The summed E-state index contributed by atoms with van der Waals surface area (Å²) in [6.45, 7) is 1.79. The third kappa shape index (κ3) is 2.30. The van der Waals surface area contributed by atoms with E-state index in [0.29, 0.717) is 22.4 Å². The first-order chi connectivity index (χ1) is 9.65. The van der Waals surface area contributed by atoms with Gasteiger partial charge in [0.15, 0.2) is 5.82 Å². The maximum atomic E-state index is 13.8. The van der Waals surface area contributed by atoms with Gasteiger partial charge in [-0.2, -0.15) is 0 Å². The van der Waals surface area contributed by atoms with Crippen LogP contribution in [0.2, 0.25) is 5.02 Å². The number of rotatable bonds is 2. The summed E-state index contributed by atoms with van der Waals surface area (Å²) in [7, 11) is 0. The highest BCUT2D eigenvalue weighted by Gasteiger charge is 2.12. The number of hydrogen-bond acceptors (Lipinski definition) is 2. The molecule has 0 radical (unpaired) electrons. The Labute approximate surface area is 120 Å². The Kier molecular flexibility index (Phi) is 3.24. The van der Waals surface area contributed by atoms with Gasteiger partial charge in [-0.15, -0.1) is 5.10 Å². The van der Waals surface area contributed by atoms with E-state index in [1.165, 1.54) is 10.7 Å². The minimum Gasteiger partial charge on any atom is -0.215 e. The second-order valence-electron chi connectivity index (χ2n) is 4.35. The number of aromatic nitrogens is 3. The zero-order valence-electron chi connectivity index (χ0n) is 10.7. The standard InChI is InChI=1S/C15H11ClFN3/c1-10-18-15(11-6-8-12(16)9-7-11)19-20(10)14-5-3-2-4-13(14)17/h2-9H,1H3. The molecule has 0 spiro atoms. The number of halogens is 2. The minimum atomic E-state index is -0.330. The predicted molar refractivity (Wildman–Crippen MR) is 76.5 cm³/mol. The molecule has 0 aliphatic heterocycles. The SMILES string of the molecule is Cc1nc(-c2ccc(Cl)cc2)nn1-c1ccccc1F. The van der Waals surface area contributed by atoms with E-state index in [0.717, 1.165) is 5.56 Å². The molecular weight excluding hydrogens is 277 g/mol. The van der Waals surface area contributed by atoms with Crippen molar-refractivity contribution < 1.29 is 4.39 Å². The molecule has 3 nitrogen and oxygen atoms in total. The molecule has 0 atom stereocenters. The molecule has 0 saturated carbocycles. The normalized spacial score (nSPS) is 10.8. The average Bonchev–Trinajstić information content (AvgIpc) is 2.82. The van der Waals surface area contributed by atoms with E-state index in [1.807, 2.05) is 12.1 Å².